The quantitative estimate of drug-likeness (QED) is 0.562. The second-order valence-corrected chi connectivity index (χ2v) is 6.44. The fourth-order valence-electron chi connectivity index (χ4n) is 3.37. The Balaban J connectivity index is 1.76. The van der Waals surface area contributed by atoms with Crippen LogP contribution in [0.3, 0.4) is 0 Å². The Morgan fingerprint density at radius 1 is 1.35 bits per heavy atom. The van der Waals surface area contributed by atoms with Crippen molar-refractivity contribution in [2.75, 3.05) is 0 Å². The van der Waals surface area contributed by atoms with Gasteiger partial charge in [-0.1, -0.05) is 0 Å². The zero-order valence-corrected chi connectivity index (χ0v) is 15.2. The van der Waals surface area contributed by atoms with Gasteiger partial charge in [0.15, 0.2) is 0 Å². The lowest BCUT2D eigenvalue weighted by atomic mass is 10.1. The van der Waals surface area contributed by atoms with Gasteiger partial charge >= 0.3 is 0 Å². The summed E-state index contributed by atoms with van der Waals surface area (Å²) in [5, 5.41) is 19.0. The first-order chi connectivity index (χ1) is 12.3. The first-order valence-corrected chi connectivity index (χ1v) is 8.30. The van der Waals surface area contributed by atoms with Crippen LogP contribution in [0.2, 0.25) is 0 Å². The number of rotatable bonds is 5. The lowest BCUT2D eigenvalue weighted by Gasteiger charge is -2.15. The van der Waals surface area contributed by atoms with Gasteiger partial charge in [-0.25, -0.2) is 0 Å². The predicted molar refractivity (Wildman–Crippen MR) is 97.8 cm³/mol. The van der Waals surface area contributed by atoms with Gasteiger partial charge in [0, 0.05) is 47.5 Å². The number of aromatic nitrogens is 3. The fraction of sp³-hybridized carbons (Fsp3) is 0.333. The summed E-state index contributed by atoms with van der Waals surface area (Å²) in [6.45, 7) is 5.98. The zero-order chi connectivity index (χ0) is 19.0. The maximum absolute atomic E-state index is 12.5. The molecule has 8 nitrogen and oxygen atoms in total. The minimum Gasteiger partial charge on any atom is -0.348 e. The molecule has 1 aromatic carbocycles. The molecule has 0 aliphatic rings. The minimum absolute atomic E-state index is 0.0378. The molecule has 2 heterocycles. The van der Waals surface area contributed by atoms with E-state index >= 15 is 0 Å². The summed E-state index contributed by atoms with van der Waals surface area (Å²) < 4.78 is 3.59. The van der Waals surface area contributed by atoms with E-state index in [-0.39, 0.29) is 24.2 Å². The number of amides is 1. The van der Waals surface area contributed by atoms with Crippen molar-refractivity contribution in [1.82, 2.24) is 19.7 Å². The van der Waals surface area contributed by atoms with Crippen molar-refractivity contribution < 1.29 is 9.72 Å². The van der Waals surface area contributed by atoms with Crippen LogP contribution in [-0.2, 0) is 18.4 Å². The molecule has 0 bridgehead atoms. The van der Waals surface area contributed by atoms with E-state index < -0.39 is 4.92 Å². The molecule has 8 heteroatoms. The standard InChI is InChI=1S/C18H21N5O3/c1-11(18-12(2)20-21(4)13(18)3)19-17(24)10-22-8-7-14-9-15(23(25)26)5-6-16(14)22/h5-9,11H,10H2,1-4H3,(H,19,24)/t11-/m1/s1. The molecular weight excluding hydrogens is 334 g/mol. The van der Waals surface area contributed by atoms with Crippen LogP contribution in [0.4, 0.5) is 5.69 Å². The van der Waals surface area contributed by atoms with E-state index in [4.69, 9.17) is 0 Å². The third-order valence-electron chi connectivity index (χ3n) is 4.65. The molecule has 1 atom stereocenters. The van der Waals surface area contributed by atoms with Gasteiger partial charge in [0.2, 0.25) is 5.91 Å². The van der Waals surface area contributed by atoms with Crippen molar-refractivity contribution in [3.8, 4) is 0 Å². The number of nitrogens with zero attached hydrogens (tertiary/aromatic N) is 4. The van der Waals surface area contributed by atoms with Gasteiger partial charge in [-0.15, -0.1) is 0 Å². The van der Waals surface area contributed by atoms with Crippen molar-refractivity contribution in [1.29, 1.82) is 0 Å². The van der Waals surface area contributed by atoms with Gasteiger partial charge in [0.1, 0.15) is 6.54 Å². The van der Waals surface area contributed by atoms with Gasteiger partial charge < -0.3 is 9.88 Å². The molecule has 0 aliphatic carbocycles. The normalized spacial score (nSPS) is 12.3. The Bertz CT molecular complexity index is 1000. The number of fused-ring (bicyclic) bond motifs is 1. The summed E-state index contributed by atoms with van der Waals surface area (Å²) in [7, 11) is 1.88. The summed E-state index contributed by atoms with van der Waals surface area (Å²) in [4.78, 5) is 22.9. The number of aryl methyl sites for hydroxylation is 2. The molecule has 0 radical (unpaired) electrons. The average Bonchev–Trinajstić information content (AvgIpc) is 3.07. The number of hydrogen-bond donors (Lipinski definition) is 1. The molecule has 0 aliphatic heterocycles. The largest absolute Gasteiger partial charge is 0.348 e. The predicted octanol–water partition coefficient (Wildman–Crippen LogP) is 2.78. The number of nitro benzene ring substituents is 1. The Morgan fingerprint density at radius 3 is 2.69 bits per heavy atom. The highest BCUT2D eigenvalue weighted by Crippen LogP contribution is 2.23. The Labute approximate surface area is 150 Å². The van der Waals surface area contributed by atoms with E-state index in [1.807, 2.05) is 27.8 Å². The molecule has 1 amide bonds. The van der Waals surface area contributed by atoms with Crippen LogP contribution in [0, 0.1) is 24.0 Å². The summed E-state index contributed by atoms with van der Waals surface area (Å²) >= 11 is 0. The first-order valence-electron chi connectivity index (χ1n) is 8.30. The van der Waals surface area contributed by atoms with Crippen LogP contribution in [0.25, 0.3) is 10.9 Å². The Hall–Kier alpha value is -3.16. The van der Waals surface area contributed by atoms with Gasteiger partial charge in [0.05, 0.1) is 16.7 Å². The van der Waals surface area contributed by atoms with Crippen molar-refractivity contribution in [3.05, 3.63) is 57.5 Å². The lowest BCUT2D eigenvalue weighted by molar-refractivity contribution is -0.384. The van der Waals surface area contributed by atoms with Crippen LogP contribution in [0.5, 0.6) is 0 Å². The van der Waals surface area contributed by atoms with Crippen LogP contribution < -0.4 is 5.32 Å². The molecule has 0 saturated heterocycles. The average molecular weight is 355 g/mol. The highest BCUT2D eigenvalue weighted by molar-refractivity contribution is 5.85. The third-order valence-corrected chi connectivity index (χ3v) is 4.65. The molecule has 0 unspecified atom stereocenters. The first kappa shape index (κ1) is 17.7. The molecule has 0 fully saturated rings. The number of hydrogen-bond acceptors (Lipinski definition) is 4. The molecule has 3 rings (SSSR count). The van der Waals surface area contributed by atoms with Crippen molar-refractivity contribution >= 4 is 22.5 Å². The van der Waals surface area contributed by atoms with E-state index in [1.165, 1.54) is 12.1 Å². The van der Waals surface area contributed by atoms with Crippen molar-refractivity contribution in [2.45, 2.75) is 33.4 Å². The topological polar surface area (TPSA) is 95.0 Å². The maximum Gasteiger partial charge on any atom is 0.270 e. The van der Waals surface area contributed by atoms with E-state index in [1.54, 1.807) is 27.6 Å². The summed E-state index contributed by atoms with van der Waals surface area (Å²) in [6.07, 6.45) is 1.76. The molecule has 3 aromatic rings. The molecule has 136 valence electrons. The van der Waals surface area contributed by atoms with Crippen molar-refractivity contribution in [2.24, 2.45) is 7.05 Å². The lowest BCUT2D eigenvalue weighted by Crippen LogP contribution is -2.30. The number of nitrogens with one attached hydrogen (secondary N) is 1. The van der Waals surface area contributed by atoms with Crippen LogP contribution in [-0.4, -0.2) is 25.2 Å². The Morgan fingerprint density at radius 2 is 2.08 bits per heavy atom. The maximum atomic E-state index is 12.5. The fourth-order valence-corrected chi connectivity index (χ4v) is 3.37. The highest BCUT2D eigenvalue weighted by Gasteiger charge is 2.18. The molecule has 26 heavy (non-hydrogen) atoms. The Kier molecular flexibility index (Phi) is 4.50. The second-order valence-electron chi connectivity index (χ2n) is 6.44. The van der Waals surface area contributed by atoms with Gasteiger partial charge in [0.25, 0.3) is 5.69 Å². The highest BCUT2D eigenvalue weighted by atomic mass is 16.6. The minimum atomic E-state index is -0.427. The summed E-state index contributed by atoms with van der Waals surface area (Å²) in [5.74, 6) is -0.129. The van der Waals surface area contributed by atoms with E-state index in [0.29, 0.717) is 0 Å². The summed E-state index contributed by atoms with van der Waals surface area (Å²) in [6, 6.07) is 6.24. The van der Waals surface area contributed by atoms with Crippen molar-refractivity contribution in [3.63, 3.8) is 0 Å². The second kappa shape index (κ2) is 6.62. The smallest absolute Gasteiger partial charge is 0.270 e. The van der Waals surface area contributed by atoms with E-state index in [9.17, 15) is 14.9 Å². The van der Waals surface area contributed by atoms with Crippen LogP contribution in [0.1, 0.15) is 29.9 Å². The van der Waals surface area contributed by atoms with Crippen LogP contribution >= 0.6 is 0 Å². The monoisotopic (exact) mass is 355 g/mol. The number of carbonyl (C=O) groups excluding carboxylic acids is 1. The molecule has 2 aromatic heterocycles. The number of carbonyl (C=O) groups is 1. The van der Waals surface area contributed by atoms with Gasteiger partial charge in [-0.3, -0.25) is 19.6 Å². The molecule has 1 N–H and O–H groups in total. The number of non-ortho nitro benzene ring substituents is 1. The van der Waals surface area contributed by atoms with Gasteiger partial charge in [-0.05, 0) is 32.9 Å². The number of benzene rings is 1. The SMILES string of the molecule is Cc1nn(C)c(C)c1[C@@H](C)NC(=O)Cn1ccc2cc([N+](=O)[O-])ccc21. The molecular formula is C18H21N5O3. The third kappa shape index (κ3) is 3.17. The molecule has 0 spiro atoms. The molecule has 0 saturated carbocycles. The summed E-state index contributed by atoms with van der Waals surface area (Å²) in [5.41, 5.74) is 3.77. The van der Waals surface area contributed by atoms with E-state index in [2.05, 4.69) is 10.4 Å². The van der Waals surface area contributed by atoms with E-state index in [0.717, 1.165) is 27.9 Å². The zero-order valence-electron chi connectivity index (χ0n) is 15.2. The van der Waals surface area contributed by atoms with Crippen LogP contribution in [0.15, 0.2) is 30.5 Å². The van der Waals surface area contributed by atoms with Gasteiger partial charge in [-0.2, -0.15) is 5.10 Å². The number of nitro groups is 1.